The Balaban J connectivity index is 1.48. The molecule has 0 aromatic carbocycles. The number of nitrogens with zero attached hydrogens (tertiary/aromatic N) is 3. The fourth-order valence-corrected chi connectivity index (χ4v) is 1.84. The molecule has 0 fully saturated rings. The number of hydrogen-bond acceptors (Lipinski definition) is 6. The van der Waals surface area contributed by atoms with Gasteiger partial charge in [-0.3, -0.25) is 4.68 Å². The minimum Gasteiger partial charge on any atom is -0.467 e. The van der Waals surface area contributed by atoms with Crippen molar-refractivity contribution >= 4 is 0 Å². The maximum Gasteiger partial charge on any atom is 0.129 e. The quantitative estimate of drug-likeness (QED) is 0.600. The van der Waals surface area contributed by atoms with Crippen molar-refractivity contribution in [2.75, 3.05) is 19.8 Å². The Hall–Kier alpha value is -1.70. The van der Waals surface area contributed by atoms with Gasteiger partial charge in [0.05, 0.1) is 12.0 Å². The third kappa shape index (κ3) is 6.07. The Morgan fingerprint density at radius 2 is 2.33 bits per heavy atom. The second-order valence-electron chi connectivity index (χ2n) is 4.71. The fraction of sp³-hybridized carbons (Fsp3) is 0.571. The topological polar surface area (TPSA) is 85.3 Å². The second-order valence-corrected chi connectivity index (χ2v) is 4.71. The molecule has 21 heavy (non-hydrogen) atoms. The molecule has 0 atom stereocenters. The lowest BCUT2D eigenvalue weighted by Gasteiger charge is -2.03. The summed E-state index contributed by atoms with van der Waals surface area (Å²) in [5.74, 6) is 0.849. The van der Waals surface area contributed by atoms with E-state index in [0.717, 1.165) is 24.4 Å². The molecule has 0 saturated carbocycles. The minimum atomic E-state index is 0.172. The number of aryl methyl sites for hydroxylation is 1. The summed E-state index contributed by atoms with van der Waals surface area (Å²) in [5, 5.41) is 20.1. The molecule has 0 aliphatic heterocycles. The first kappa shape index (κ1) is 15.7. The maximum atomic E-state index is 8.75. The van der Waals surface area contributed by atoms with E-state index < -0.39 is 0 Å². The number of aliphatic hydroxyl groups is 1. The molecule has 2 heterocycles. The first-order chi connectivity index (χ1) is 10.4. The van der Waals surface area contributed by atoms with Crippen molar-refractivity contribution in [1.82, 2.24) is 20.3 Å². The average Bonchev–Trinajstić information content (AvgIpc) is 3.15. The molecular weight excluding hydrogens is 272 g/mol. The molecule has 0 unspecified atom stereocenters. The SMILES string of the molecule is OCCCn1cc(CNCCCOCc2ccco2)nn1. The molecule has 0 aliphatic rings. The molecule has 0 spiro atoms. The largest absolute Gasteiger partial charge is 0.467 e. The van der Waals surface area contributed by atoms with Crippen LogP contribution in [-0.4, -0.2) is 39.9 Å². The Kier molecular flexibility index (Phi) is 6.93. The summed E-state index contributed by atoms with van der Waals surface area (Å²) < 4.78 is 12.4. The van der Waals surface area contributed by atoms with Crippen LogP contribution in [0.15, 0.2) is 29.0 Å². The van der Waals surface area contributed by atoms with Gasteiger partial charge in [0.2, 0.25) is 0 Å². The monoisotopic (exact) mass is 294 g/mol. The number of rotatable bonds is 11. The van der Waals surface area contributed by atoms with E-state index in [9.17, 15) is 0 Å². The normalized spacial score (nSPS) is 11.1. The Bertz CT molecular complexity index is 484. The second kappa shape index (κ2) is 9.28. The van der Waals surface area contributed by atoms with Gasteiger partial charge in [-0.25, -0.2) is 0 Å². The van der Waals surface area contributed by atoms with Gasteiger partial charge in [0, 0.05) is 32.5 Å². The van der Waals surface area contributed by atoms with Gasteiger partial charge < -0.3 is 19.6 Å². The van der Waals surface area contributed by atoms with Crippen molar-refractivity contribution in [1.29, 1.82) is 0 Å². The van der Waals surface area contributed by atoms with E-state index in [2.05, 4.69) is 15.6 Å². The maximum absolute atomic E-state index is 8.75. The summed E-state index contributed by atoms with van der Waals surface area (Å²) in [5.41, 5.74) is 0.907. The van der Waals surface area contributed by atoms with E-state index in [1.165, 1.54) is 0 Å². The molecule has 0 radical (unpaired) electrons. The molecule has 0 amide bonds. The summed E-state index contributed by atoms with van der Waals surface area (Å²) in [6, 6.07) is 3.76. The molecule has 116 valence electrons. The van der Waals surface area contributed by atoms with Crippen LogP contribution >= 0.6 is 0 Å². The van der Waals surface area contributed by atoms with Crippen LogP contribution in [-0.2, 0) is 24.4 Å². The lowest BCUT2D eigenvalue weighted by atomic mass is 10.4. The van der Waals surface area contributed by atoms with Crippen LogP contribution in [0.4, 0.5) is 0 Å². The van der Waals surface area contributed by atoms with Crippen LogP contribution in [0, 0.1) is 0 Å². The summed E-state index contributed by atoms with van der Waals surface area (Å²) in [4.78, 5) is 0. The highest BCUT2D eigenvalue weighted by atomic mass is 16.5. The summed E-state index contributed by atoms with van der Waals surface area (Å²) in [7, 11) is 0. The lowest BCUT2D eigenvalue weighted by molar-refractivity contribution is 0.104. The van der Waals surface area contributed by atoms with Gasteiger partial charge in [0.25, 0.3) is 0 Å². The summed E-state index contributed by atoms with van der Waals surface area (Å²) in [6.45, 7) is 3.64. The fourth-order valence-electron chi connectivity index (χ4n) is 1.84. The zero-order valence-electron chi connectivity index (χ0n) is 12.1. The molecule has 2 aromatic rings. The van der Waals surface area contributed by atoms with Crippen LogP contribution in [0.2, 0.25) is 0 Å². The highest BCUT2D eigenvalue weighted by molar-refractivity contribution is 4.96. The van der Waals surface area contributed by atoms with Gasteiger partial charge in [-0.15, -0.1) is 5.10 Å². The van der Waals surface area contributed by atoms with E-state index in [4.69, 9.17) is 14.3 Å². The highest BCUT2D eigenvalue weighted by Crippen LogP contribution is 2.01. The molecule has 0 aliphatic carbocycles. The number of aromatic nitrogens is 3. The summed E-state index contributed by atoms with van der Waals surface area (Å²) in [6.07, 6.45) is 5.17. The third-order valence-corrected chi connectivity index (χ3v) is 2.90. The lowest BCUT2D eigenvalue weighted by Crippen LogP contribution is -2.16. The van der Waals surface area contributed by atoms with Gasteiger partial charge in [0.1, 0.15) is 12.4 Å². The predicted molar refractivity (Wildman–Crippen MR) is 76.4 cm³/mol. The van der Waals surface area contributed by atoms with E-state index in [1.54, 1.807) is 10.9 Å². The van der Waals surface area contributed by atoms with Gasteiger partial charge in [-0.2, -0.15) is 0 Å². The van der Waals surface area contributed by atoms with Crippen LogP contribution < -0.4 is 5.32 Å². The molecule has 2 N–H and O–H groups in total. The number of furan rings is 1. The molecular formula is C14H22N4O3. The van der Waals surface area contributed by atoms with Gasteiger partial charge >= 0.3 is 0 Å². The van der Waals surface area contributed by atoms with E-state index >= 15 is 0 Å². The van der Waals surface area contributed by atoms with Crippen molar-refractivity contribution in [3.05, 3.63) is 36.0 Å². The molecule has 2 aromatic heterocycles. The highest BCUT2D eigenvalue weighted by Gasteiger charge is 2.00. The van der Waals surface area contributed by atoms with Crippen LogP contribution in [0.1, 0.15) is 24.3 Å². The van der Waals surface area contributed by atoms with E-state index in [-0.39, 0.29) is 6.61 Å². The first-order valence-corrected chi connectivity index (χ1v) is 7.19. The molecule has 7 heteroatoms. The molecule has 2 rings (SSSR count). The predicted octanol–water partition coefficient (Wildman–Crippen LogP) is 0.950. The van der Waals surface area contributed by atoms with E-state index in [0.29, 0.717) is 32.7 Å². The van der Waals surface area contributed by atoms with Gasteiger partial charge in [0.15, 0.2) is 0 Å². The Labute approximate surface area is 123 Å². The van der Waals surface area contributed by atoms with Crippen molar-refractivity contribution in [3.8, 4) is 0 Å². The molecule has 7 nitrogen and oxygen atoms in total. The van der Waals surface area contributed by atoms with Crippen LogP contribution in [0.5, 0.6) is 0 Å². The number of hydrogen-bond donors (Lipinski definition) is 2. The number of ether oxygens (including phenoxy) is 1. The number of aliphatic hydroxyl groups excluding tert-OH is 1. The zero-order valence-corrected chi connectivity index (χ0v) is 12.1. The Morgan fingerprint density at radius 1 is 1.38 bits per heavy atom. The zero-order chi connectivity index (χ0) is 14.8. The minimum absolute atomic E-state index is 0.172. The van der Waals surface area contributed by atoms with Gasteiger partial charge in [-0.05, 0) is 31.5 Å². The van der Waals surface area contributed by atoms with Crippen LogP contribution in [0.25, 0.3) is 0 Å². The van der Waals surface area contributed by atoms with Gasteiger partial charge in [-0.1, -0.05) is 5.21 Å². The molecule has 0 saturated heterocycles. The van der Waals surface area contributed by atoms with Crippen molar-refractivity contribution in [2.45, 2.75) is 32.5 Å². The standard InChI is InChI=1S/C14H22N4O3/c19-7-3-6-18-11-13(16-17-18)10-15-5-2-8-20-12-14-4-1-9-21-14/h1,4,9,11,15,19H,2-3,5-8,10,12H2. The van der Waals surface area contributed by atoms with Crippen LogP contribution in [0.3, 0.4) is 0 Å². The van der Waals surface area contributed by atoms with Crippen molar-refractivity contribution in [3.63, 3.8) is 0 Å². The van der Waals surface area contributed by atoms with Crippen molar-refractivity contribution < 1.29 is 14.3 Å². The first-order valence-electron chi connectivity index (χ1n) is 7.19. The smallest absolute Gasteiger partial charge is 0.129 e. The summed E-state index contributed by atoms with van der Waals surface area (Å²) >= 11 is 0. The van der Waals surface area contributed by atoms with Crippen molar-refractivity contribution in [2.24, 2.45) is 0 Å². The van der Waals surface area contributed by atoms with E-state index in [1.807, 2.05) is 18.3 Å². The number of nitrogens with one attached hydrogen (secondary N) is 1. The average molecular weight is 294 g/mol. The Morgan fingerprint density at radius 3 is 3.14 bits per heavy atom. The third-order valence-electron chi connectivity index (χ3n) is 2.90. The molecule has 0 bridgehead atoms.